The summed E-state index contributed by atoms with van der Waals surface area (Å²) in [6, 6.07) is 0.0814. The fourth-order valence-electron chi connectivity index (χ4n) is 3.95. The fraction of sp³-hybridized carbons (Fsp3) is 0.824. The monoisotopic (exact) mass is 407 g/mol. The number of aryl methyl sites for hydroxylation is 1. The number of rotatable bonds is 3. The molecule has 1 aromatic heterocycles. The minimum Gasteiger partial charge on any atom is -0.340 e. The second kappa shape index (κ2) is 9.35. The van der Waals surface area contributed by atoms with Crippen LogP contribution in [0.5, 0.6) is 0 Å². The van der Waals surface area contributed by atoms with E-state index in [4.69, 9.17) is 10.3 Å². The van der Waals surface area contributed by atoms with Gasteiger partial charge in [0.2, 0.25) is 11.8 Å². The van der Waals surface area contributed by atoms with Crippen LogP contribution in [0.3, 0.4) is 0 Å². The Bertz CT molecular complexity index is 587. The summed E-state index contributed by atoms with van der Waals surface area (Å²) >= 11 is 0. The minimum atomic E-state index is -0.360. The Balaban J connectivity index is 0.00000169. The molecule has 1 saturated heterocycles. The predicted octanol–water partition coefficient (Wildman–Crippen LogP) is 2.33. The highest BCUT2D eigenvalue weighted by Gasteiger charge is 2.40. The van der Waals surface area contributed by atoms with Crippen LogP contribution in [0.25, 0.3) is 0 Å². The molecule has 2 aliphatic rings. The summed E-state index contributed by atoms with van der Waals surface area (Å²) in [6.45, 7) is 9.05. The first-order valence-corrected chi connectivity index (χ1v) is 9.00. The molecule has 0 bridgehead atoms. The molecule has 3 atom stereocenters. The largest absolute Gasteiger partial charge is 0.340 e. The van der Waals surface area contributed by atoms with Gasteiger partial charge in [-0.25, -0.2) is 0 Å². The summed E-state index contributed by atoms with van der Waals surface area (Å²) in [6.07, 6.45) is 4.10. The number of amides is 1. The summed E-state index contributed by atoms with van der Waals surface area (Å²) < 4.78 is 5.28. The Morgan fingerprint density at radius 1 is 1.27 bits per heavy atom. The molecule has 1 aliphatic heterocycles. The first-order chi connectivity index (χ1) is 11.4. The van der Waals surface area contributed by atoms with Crippen LogP contribution < -0.4 is 5.73 Å². The van der Waals surface area contributed by atoms with Gasteiger partial charge in [0, 0.05) is 31.7 Å². The van der Waals surface area contributed by atoms with Crippen molar-refractivity contribution in [1.82, 2.24) is 19.9 Å². The Morgan fingerprint density at radius 3 is 2.46 bits per heavy atom. The number of aromatic nitrogens is 2. The van der Waals surface area contributed by atoms with Crippen LogP contribution >= 0.6 is 24.8 Å². The zero-order valence-electron chi connectivity index (χ0n) is 15.8. The van der Waals surface area contributed by atoms with Gasteiger partial charge >= 0.3 is 0 Å². The number of nitrogens with zero attached hydrogens (tertiary/aromatic N) is 4. The molecule has 0 spiro atoms. The average molecular weight is 408 g/mol. The molecule has 1 aliphatic carbocycles. The molecule has 7 nitrogen and oxygen atoms in total. The van der Waals surface area contributed by atoms with E-state index in [1.165, 1.54) is 0 Å². The fourth-order valence-corrected chi connectivity index (χ4v) is 3.95. The van der Waals surface area contributed by atoms with Crippen molar-refractivity contribution in [3.8, 4) is 0 Å². The number of hydrogen-bond acceptors (Lipinski definition) is 6. The van der Waals surface area contributed by atoms with Gasteiger partial charge in [0.15, 0.2) is 5.82 Å². The van der Waals surface area contributed by atoms with E-state index in [0.29, 0.717) is 11.7 Å². The normalized spacial score (nSPS) is 28.0. The van der Waals surface area contributed by atoms with E-state index in [0.717, 1.165) is 51.9 Å². The first-order valence-electron chi connectivity index (χ1n) is 9.00. The third-order valence-corrected chi connectivity index (χ3v) is 5.63. The molecule has 2 heterocycles. The Labute approximate surface area is 167 Å². The van der Waals surface area contributed by atoms with E-state index < -0.39 is 0 Å². The van der Waals surface area contributed by atoms with Gasteiger partial charge < -0.3 is 15.2 Å². The number of nitrogens with two attached hydrogens (primary N) is 1. The summed E-state index contributed by atoms with van der Waals surface area (Å²) in [5, 5.41) is 3.86. The predicted molar refractivity (Wildman–Crippen MR) is 105 cm³/mol. The van der Waals surface area contributed by atoms with Gasteiger partial charge in [0.25, 0.3) is 0 Å². The van der Waals surface area contributed by atoms with Crippen LogP contribution in [0.4, 0.5) is 0 Å². The summed E-state index contributed by atoms with van der Waals surface area (Å²) in [5.41, 5.74) is 6.04. The number of piperazine rings is 1. The summed E-state index contributed by atoms with van der Waals surface area (Å²) in [5.74, 6) is 1.51. The maximum atomic E-state index is 12.9. The van der Waals surface area contributed by atoms with Crippen LogP contribution in [-0.2, 0) is 4.79 Å². The molecule has 9 heteroatoms. The summed E-state index contributed by atoms with van der Waals surface area (Å²) in [7, 11) is 0. The van der Waals surface area contributed by atoms with Crippen molar-refractivity contribution in [3.63, 3.8) is 0 Å². The molecular weight excluding hydrogens is 377 g/mol. The topological polar surface area (TPSA) is 88.5 Å². The molecular formula is C17H31Cl2N5O2. The van der Waals surface area contributed by atoms with Crippen molar-refractivity contribution in [1.29, 1.82) is 0 Å². The smallest absolute Gasteiger partial charge is 0.243 e. The maximum absolute atomic E-state index is 12.9. The molecule has 26 heavy (non-hydrogen) atoms. The molecule has 3 rings (SSSR count). The molecule has 1 saturated carbocycles. The highest BCUT2D eigenvalue weighted by molar-refractivity contribution is 5.85. The number of hydrogen-bond donors (Lipinski definition) is 1. The van der Waals surface area contributed by atoms with Crippen molar-refractivity contribution < 1.29 is 9.32 Å². The van der Waals surface area contributed by atoms with Crippen molar-refractivity contribution in [2.75, 3.05) is 26.2 Å². The van der Waals surface area contributed by atoms with Crippen LogP contribution in [-0.4, -0.2) is 57.6 Å². The number of carbonyl (C=O) groups is 1. The Morgan fingerprint density at radius 2 is 1.92 bits per heavy atom. The van der Waals surface area contributed by atoms with Crippen LogP contribution in [0.15, 0.2) is 4.52 Å². The average Bonchev–Trinajstić information content (AvgIpc) is 3.00. The van der Waals surface area contributed by atoms with Crippen molar-refractivity contribution in [2.24, 2.45) is 11.7 Å². The van der Waals surface area contributed by atoms with Crippen LogP contribution in [0, 0.1) is 12.8 Å². The molecule has 1 aromatic rings. The molecule has 1 amide bonds. The van der Waals surface area contributed by atoms with Crippen LogP contribution in [0.1, 0.15) is 57.3 Å². The quantitative estimate of drug-likeness (QED) is 0.826. The Kier molecular flexibility index (Phi) is 8.33. The minimum absolute atomic E-state index is 0. The highest BCUT2D eigenvalue weighted by atomic mass is 35.5. The van der Waals surface area contributed by atoms with Crippen molar-refractivity contribution >= 4 is 30.7 Å². The zero-order chi connectivity index (χ0) is 17.3. The molecule has 0 aromatic carbocycles. The van der Waals surface area contributed by atoms with Gasteiger partial charge in [-0.05, 0) is 33.6 Å². The van der Waals surface area contributed by atoms with Crippen molar-refractivity contribution in [2.45, 2.75) is 58.0 Å². The molecule has 2 fully saturated rings. The lowest BCUT2D eigenvalue weighted by Gasteiger charge is -2.43. The second-order valence-electron chi connectivity index (χ2n) is 7.52. The van der Waals surface area contributed by atoms with Crippen molar-refractivity contribution in [3.05, 3.63) is 11.7 Å². The molecule has 0 radical (unpaired) electrons. The first kappa shape index (κ1) is 23.1. The lowest BCUT2D eigenvalue weighted by atomic mass is 9.74. The third-order valence-electron chi connectivity index (χ3n) is 5.63. The number of carbonyl (C=O) groups excluding carboxylic acids is 1. The molecule has 150 valence electrons. The third kappa shape index (κ3) is 4.88. The van der Waals surface area contributed by atoms with Gasteiger partial charge in [-0.1, -0.05) is 18.0 Å². The summed E-state index contributed by atoms with van der Waals surface area (Å²) in [4.78, 5) is 21.5. The lowest BCUT2D eigenvalue weighted by Crippen LogP contribution is -2.57. The van der Waals surface area contributed by atoms with E-state index in [1.54, 1.807) is 0 Å². The Hall–Kier alpha value is -0.890. The highest BCUT2D eigenvalue weighted by Crippen LogP contribution is 2.33. The number of halogens is 2. The van der Waals surface area contributed by atoms with Gasteiger partial charge in [-0.2, -0.15) is 4.98 Å². The van der Waals surface area contributed by atoms with E-state index in [9.17, 15) is 4.79 Å². The van der Waals surface area contributed by atoms with Gasteiger partial charge in [-0.3, -0.25) is 9.69 Å². The van der Waals surface area contributed by atoms with Gasteiger partial charge in [0.05, 0.1) is 12.0 Å². The SMILES string of the molecule is Cc1noc(C(C)N2CCN(C(=O)C3CCCCC3(C)N)CC2)n1.Cl.Cl. The van der Waals surface area contributed by atoms with E-state index >= 15 is 0 Å². The molecule has 3 unspecified atom stereocenters. The zero-order valence-corrected chi connectivity index (χ0v) is 17.4. The standard InChI is InChI=1S/C17H29N5O2.2ClH/c1-12(15-19-13(2)20-24-15)21-8-10-22(11-9-21)16(23)14-6-4-5-7-17(14,3)18;;/h12,14H,4-11,18H2,1-3H3;2*1H. The van der Waals surface area contributed by atoms with E-state index in [2.05, 4.69) is 22.0 Å². The van der Waals surface area contributed by atoms with Crippen LogP contribution in [0.2, 0.25) is 0 Å². The second-order valence-corrected chi connectivity index (χ2v) is 7.52. The lowest BCUT2D eigenvalue weighted by molar-refractivity contribution is -0.141. The van der Waals surface area contributed by atoms with Gasteiger partial charge in [-0.15, -0.1) is 24.8 Å². The maximum Gasteiger partial charge on any atom is 0.243 e. The van der Waals surface area contributed by atoms with E-state index in [1.807, 2.05) is 18.7 Å². The van der Waals surface area contributed by atoms with E-state index in [-0.39, 0.29) is 48.2 Å². The van der Waals surface area contributed by atoms with Gasteiger partial charge in [0.1, 0.15) is 0 Å². The molecule has 2 N–H and O–H groups in total.